The monoisotopic (exact) mass is 240 g/mol. The summed E-state index contributed by atoms with van der Waals surface area (Å²) in [6.45, 7) is 10.0. The van der Waals surface area contributed by atoms with E-state index in [0.29, 0.717) is 6.54 Å². The van der Waals surface area contributed by atoms with E-state index >= 15 is 0 Å². The molecule has 0 aromatic carbocycles. The van der Waals surface area contributed by atoms with Gasteiger partial charge in [0.2, 0.25) is 5.91 Å². The zero-order valence-corrected chi connectivity index (χ0v) is 10.7. The number of amides is 2. The molecule has 0 spiro atoms. The third kappa shape index (κ3) is 4.09. The van der Waals surface area contributed by atoms with Gasteiger partial charge < -0.3 is 15.0 Å². The van der Waals surface area contributed by atoms with Crippen LogP contribution in [0.5, 0.6) is 0 Å². The summed E-state index contributed by atoms with van der Waals surface area (Å²) in [5.41, 5.74) is -0.500. The predicted molar refractivity (Wildman–Crippen MR) is 64.6 cm³/mol. The van der Waals surface area contributed by atoms with E-state index in [1.807, 2.05) is 20.8 Å². The molecule has 0 saturated carbocycles. The lowest BCUT2D eigenvalue weighted by molar-refractivity contribution is -0.133. The van der Waals surface area contributed by atoms with Crippen molar-refractivity contribution in [3.8, 4) is 0 Å². The maximum atomic E-state index is 11.4. The molecular weight excluding hydrogens is 220 g/mol. The summed E-state index contributed by atoms with van der Waals surface area (Å²) in [7, 11) is 0. The number of likely N-dealkylation sites (tertiary alicyclic amines) is 1. The minimum absolute atomic E-state index is 0.0630. The molecule has 5 heteroatoms. The highest BCUT2D eigenvalue weighted by atomic mass is 16.6. The number of ether oxygens (including phenoxy) is 1. The largest absolute Gasteiger partial charge is 0.444 e. The van der Waals surface area contributed by atoms with E-state index < -0.39 is 11.7 Å². The Kier molecular flexibility index (Phi) is 4.15. The maximum Gasteiger partial charge on any atom is 0.407 e. The molecule has 0 aromatic heterocycles. The van der Waals surface area contributed by atoms with Gasteiger partial charge in [-0.3, -0.25) is 4.79 Å². The molecule has 0 radical (unpaired) electrons. The summed E-state index contributed by atoms with van der Waals surface area (Å²) in [5.74, 6) is -0.0905. The summed E-state index contributed by atoms with van der Waals surface area (Å²) in [6, 6.07) is 0.0630. The van der Waals surface area contributed by atoms with Crippen LogP contribution in [0.1, 0.15) is 27.2 Å². The predicted octanol–water partition coefficient (Wildman–Crippen LogP) is 1.30. The van der Waals surface area contributed by atoms with Gasteiger partial charge in [0.15, 0.2) is 0 Å². The molecule has 1 unspecified atom stereocenters. The van der Waals surface area contributed by atoms with E-state index in [-0.39, 0.29) is 11.9 Å². The normalized spacial score (nSPS) is 19.2. The van der Waals surface area contributed by atoms with E-state index in [9.17, 15) is 9.59 Å². The van der Waals surface area contributed by atoms with Gasteiger partial charge in [-0.15, -0.1) is 0 Å². The van der Waals surface area contributed by atoms with Crippen molar-refractivity contribution < 1.29 is 14.3 Å². The summed E-state index contributed by atoms with van der Waals surface area (Å²) in [6.07, 6.45) is 1.74. The topological polar surface area (TPSA) is 58.6 Å². The molecule has 1 rings (SSSR count). The minimum Gasteiger partial charge on any atom is -0.444 e. The first-order valence-corrected chi connectivity index (χ1v) is 5.73. The molecule has 0 aliphatic carbocycles. The van der Waals surface area contributed by atoms with E-state index in [1.165, 1.54) is 6.08 Å². The lowest BCUT2D eigenvalue weighted by atomic mass is 10.0. The molecule has 1 heterocycles. The van der Waals surface area contributed by atoms with Crippen LogP contribution in [0, 0.1) is 0 Å². The number of alkyl carbamates (subject to hydrolysis) is 1. The fourth-order valence-electron chi connectivity index (χ4n) is 1.58. The quantitative estimate of drug-likeness (QED) is 0.756. The summed E-state index contributed by atoms with van der Waals surface area (Å²) in [4.78, 5) is 24.4. The van der Waals surface area contributed by atoms with Crippen molar-refractivity contribution in [1.82, 2.24) is 10.2 Å². The van der Waals surface area contributed by atoms with Crippen LogP contribution < -0.4 is 5.32 Å². The highest BCUT2D eigenvalue weighted by Gasteiger charge is 2.31. The van der Waals surface area contributed by atoms with Crippen LogP contribution >= 0.6 is 0 Å². The Morgan fingerprint density at radius 2 is 2.18 bits per heavy atom. The van der Waals surface area contributed by atoms with Crippen molar-refractivity contribution in [1.29, 1.82) is 0 Å². The van der Waals surface area contributed by atoms with Crippen LogP contribution in [-0.4, -0.2) is 41.6 Å². The molecular formula is C12H20N2O3. The van der Waals surface area contributed by atoms with Crippen molar-refractivity contribution in [2.45, 2.75) is 38.8 Å². The van der Waals surface area contributed by atoms with Crippen molar-refractivity contribution in [2.75, 3.05) is 13.1 Å². The molecule has 1 N–H and O–H groups in total. The zero-order chi connectivity index (χ0) is 13.1. The molecule has 1 aliphatic heterocycles. The van der Waals surface area contributed by atoms with Crippen molar-refractivity contribution in [3.63, 3.8) is 0 Å². The van der Waals surface area contributed by atoms with Gasteiger partial charge in [-0.25, -0.2) is 4.79 Å². The van der Waals surface area contributed by atoms with E-state index in [1.54, 1.807) is 4.90 Å². The minimum atomic E-state index is -0.500. The number of carbonyl (C=O) groups is 2. The van der Waals surface area contributed by atoms with Crippen LogP contribution in [0.4, 0.5) is 4.79 Å². The molecule has 0 bridgehead atoms. The first kappa shape index (κ1) is 13.5. The number of rotatable bonds is 3. The van der Waals surface area contributed by atoms with Crippen molar-refractivity contribution in [3.05, 3.63) is 12.7 Å². The van der Waals surface area contributed by atoms with Gasteiger partial charge in [-0.05, 0) is 33.3 Å². The number of nitrogens with zero attached hydrogens (tertiary/aromatic N) is 1. The fraction of sp³-hybridized carbons (Fsp3) is 0.667. The smallest absolute Gasteiger partial charge is 0.407 e. The Labute approximate surface area is 102 Å². The highest BCUT2D eigenvalue weighted by molar-refractivity contribution is 5.87. The van der Waals surface area contributed by atoms with E-state index in [0.717, 1.165) is 13.0 Å². The fourth-order valence-corrected chi connectivity index (χ4v) is 1.58. The maximum absolute atomic E-state index is 11.4. The second kappa shape index (κ2) is 5.21. The molecule has 1 atom stereocenters. The van der Waals surface area contributed by atoms with Gasteiger partial charge in [-0.2, -0.15) is 0 Å². The molecule has 1 aliphatic rings. The summed E-state index contributed by atoms with van der Waals surface area (Å²) >= 11 is 0. The first-order valence-electron chi connectivity index (χ1n) is 5.73. The van der Waals surface area contributed by atoms with Crippen LogP contribution in [0.25, 0.3) is 0 Å². The Morgan fingerprint density at radius 1 is 1.53 bits per heavy atom. The molecule has 96 valence electrons. The van der Waals surface area contributed by atoms with Crippen LogP contribution in [0.2, 0.25) is 0 Å². The molecule has 1 fully saturated rings. The van der Waals surface area contributed by atoms with Gasteiger partial charge in [0.1, 0.15) is 5.60 Å². The SMILES string of the molecule is C=CC(=O)N1CCC1CNC(=O)OC(C)(C)C. The second-order valence-corrected chi connectivity index (χ2v) is 5.06. The Bertz CT molecular complexity index is 320. The van der Waals surface area contributed by atoms with Gasteiger partial charge in [-0.1, -0.05) is 6.58 Å². The first-order chi connectivity index (χ1) is 7.83. The number of carbonyl (C=O) groups excluding carboxylic acids is 2. The summed E-state index contributed by atoms with van der Waals surface area (Å²) < 4.78 is 5.11. The van der Waals surface area contributed by atoms with E-state index in [2.05, 4.69) is 11.9 Å². The molecule has 5 nitrogen and oxygen atoms in total. The van der Waals surface area contributed by atoms with Crippen molar-refractivity contribution in [2.24, 2.45) is 0 Å². The Hall–Kier alpha value is -1.52. The van der Waals surface area contributed by atoms with Gasteiger partial charge in [0.25, 0.3) is 0 Å². The third-order valence-corrected chi connectivity index (χ3v) is 2.48. The van der Waals surface area contributed by atoms with Gasteiger partial charge in [0, 0.05) is 13.1 Å². The Morgan fingerprint density at radius 3 is 2.59 bits per heavy atom. The number of hydrogen-bond donors (Lipinski definition) is 1. The van der Waals surface area contributed by atoms with E-state index in [4.69, 9.17) is 4.74 Å². The van der Waals surface area contributed by atoms with Crippen LogP contribution in [0.3, 0.4) is 0 Å². The summed E-state index contributed by atoms with van der Waals surface area (Å²) in [5, 5.41) is 2.66. The van der Waals surface area contributed by atoms with Gasteiger partial charge >= 0.3 is 6.09 Å². The number of hydrogen-bond acceptors (Lipinski definition) is 3. The lowest BCUT2D eigenvalue weighted by Gasteiger charge is -2.40. The standard InChI is InChI=1S/C12H20N2O3/c1-5-10(15)14-7-6-9(14)8-13-11(16)17-12(2,3)4/h5,9H,1,6-8H2,2-4H3,(H,13,16). The molecule has 1 saturated heterocycles. The average Bonchev–Trinajstić information content (AvgIpc) is 2.13. The van der Waals surface area contributed by atoms with Crippen LogP contribution in [-0.2, 0) is 9.53 Å². The highest BCUT2D eigenvalue weighted by Crippen LogP contribution is 2.17. The second-order valence-electron chi connectivity index (χ2n) is 5.06. The Balaban J connectivity index is 2.30. The third-order valence-electron chi connectivity index (χ3n) is 2.48. The van der Waals surface area contributed by atoms with Crippen molar-refractivity contribution >= 4 is 12.0 Å². The zero-order valence-electron chi connectivity index (χ0n) is 10.7. The number of nitrogens with one attached hydrogen (secondary N) is 1. The molecule has 0 aromatic rings. The van der Waals surface area contributed by atoms with Crippen LogP contribution in [0.15, 0.2) is 12.7 Å². The lowest BCUT2D eigenvalue weighted by Crippen LogP contribution is -2.55. The van der Waals surface area contributed by atoms with Gasteiger partial charge in [0.05, 0.1) is 6.04 Å². The average molecular weight is 240 g/mol. The molecule has 2 amide bonds. The molecule has 17 heavy (non-hydrogen) atoms.